The van der Waals surface area contributed by atoms with Crippen molar-refractivity contribution in [3.05, 3.63) is 24.3 Å². The van der Waals surface area contributed by atoms with E-state index in [2.05, 4.69) is 0 Å². The number of carboxylic acid groups (broad SMARTS) is 1. The fourth-order valence-corrected chi connectivity index (χ4v) is 0.249. The third-order valence-electron chi connectivity index (χ3n) is 0.542. The van der Waals surface area contributed by atoms with E-state index in [0.717, 1.165) is 6.08 Å². The molecule has 0 aromatic heterocycles. The zero-order chi connectivity index (χ0) is 9.98. The van der Waals surface area contributed by atoms with Crippen molar-refractivity contribution in [3.8, 4) is 0 Å². The van der Waals surface area contributed by atoms with Gasteiger partial charge in [-0.05, 0) is 6.92 Å². The minimum atomic E-state index is -2.61. The van der Waals surface area contributed by atoms with Gasteiger partial charge in [-0.1, -0.05) is 18.2 Å². The minimum absolute atomic E-state index is 0. The van der Waals surface area contributed by atoms with Crippen LogP contribution in [0.15, 0.2) is 24.3 Å². The molecule has 7 heteroatoms. The quantitative estimate of drug-likeness (QED) is 0.271. The van der Waals surface area contributed by atoms with E-state index in [1.165, 1.54) is 6.08 Å². The van der Waals surface area contributed by atoms with Crippen LogP contribution < -0.4 is 0 Å². The molecule has 0 amide bonds. The van der Waals surface area contributed by atoms with Crippen molar-refractivity contribution in [3.63, 3.8) is 0 Å². The molecule has 0 saturated heterocycles. The standard InChI is InChI=1S/C6H8O2.Ca.H2O3S.2H/c1-2-3-4-5-6(7)8;;1-4(2)3;;/h2-5H,1H3,(H,7,8);;(H2,1,2,3);;/b3-2+,5-4+;;;;. The summed E-state index contributed by atoms with van der Waals surface area (Å²) in [5, 5.41) is 8.02. The van der Waals surface area contributed by atoms with Crippen LogP contribution in [-0.4, -0.2) is 62.1 Å². The Bertz CT molecular complexity index is 197. The number of carbonyl (C=O) groups is 1. The average Bonchev–Trinajstić information content (AvgIpc) is 1.86. The number of aliphatic carboxylic acids is 1. The van der Waals surface area contributed by atoms with E-state index in [1.807, 2.05) is 6.92 Å². The summed E-state index contributed by atoms with van der Waals surface area (Å²) in [5.74, 6) is -0.914. The molecule has 0 bridgehead atoms. The van der Waals surface area contributed by atoms with Gasteiger partial charge in [0, 0.05) is 6.08 Å². The fourth-order valence-electron chi connectivity index (χ4n) is 0.249. The van der Waals surface area contributed by atoms with Crippen molar-refractivity contribution in [2.45, 2.75) is 6.92 Å². The molecule has 0 aliphatic rings. The van der Waals surface area contributed by atoms with Gasteiger partial charge in [0.15, 0.2) is 0 Å². The molecule has 0 aliphatic heterocycles. The van der Waals surface area contributed by atoms with Crippen molar-refractivity contribution in [2.24, 2.45) is 0 Å². The third kappa shape index (κ3) is 46.6. The summed E-state index contributed by atoms with van der Waals surface area (Å²) in [7, 11) is 0. The Hall–Kier alpha value is 0.280. The molecule has 0 aromatic carbocycles. The Labute approximate surface area is 109 Å². The molecule has 0 saturated carbocycles. The van der Waals surface area contributed by atoms with Crippen molar-refractivity contribution < 1.29 is 23.2 Å². The van der Waals surface area contributed by atoms with Gasteiger partial charge in [-0.15, -0.1) is 0 Å². The summed E-state index contributed by atoms with van der Waals surface area (Å²) < 4.78 is 22.8. The molecule has 0 heterocycles. The first-order valence-electron chi connectivity index (χ1n) is 2.83. The van der Waals surface area contributed by atoms with Crippen LogP contribution in [0.25, 0.3) is 0 Å². The predicted molar refractivity (Wildman–Crippen MR) is 53.5 cm³/mol. The van der Waals surface area contributed by atoms with Crippen molar-refractivity contribution in [1.82, 2.24) is 0 Å². The van der Waals surface area contributed by atoms with Crippen LogP contribution in [0, 0.1) is 0 Å². The van der Waals surface area contributed by atoms with Crippen LogP contribution in [-0.2, 0) is 16.2 Å². The Morgan fingerprint density at radius 3 is 1.92 bits per heavy atom. The van der Waals surface area contributed by atoms with Crippen LogP contribution in [0.1, 0.15) is 6.92 Å². The molecule has 0 aliphatic carbocycles. The topological polar surface area (TPSA) is 94.8 Å². The molecule has 74 valence electrons. The first-order chi connectivity index (χ1) is 5.50. The second kappa shape index (κ2) is 14.8. The Morgan fingerprint density at radius 1 is 1.31 bits per heavy atom. The average molecular weight is 236 g/mol. The van der Waals surface area contributed by atoms with E-state index in [1.54, 1.807) is 12.2 Å². The van der Waals surface area contributed by atoms with E-state index >= 15 is 0 Å². The van der Waals surface area contributed by atoms with Crippen LogP contribution in [0.4, 0.5) is 0 Å². The monoisotopic (exact) mass is 236 g/mol. The zero-order valence-corrected chi connectivity index (χ0v) is 7.19. The molecule has 0 fully saturated rings. The van der Waals surface area contributed by atoms with Gasteiger partial charge < -0.3 is 5.11 Å². The number of allylic oxidation sites excluding steroid dienone is 3. The van der Waals surface area contributed by atoms with Gasteiger partial charge in [-0.2, -0.15) is 4.21 Å². The van der Waals surface area contributed by atoms with Gasteiger partial charge in [0.25, 0.3) is 11.4 Å². The maximum atomic E-state index is 9.75. The van der Waals surface area contributed by atoms with Gasteiger partial charge in [0.2, 0.25) is 0 Å². The molecule has 0 unspecified atom stereocenters. The number of rotatable bonds is 2. The van der Waals surface area contributed by atoms with Crippen LogP contribution in [0.3, 0.4) is 0 Å². The molecule has 0 aromatic rings. The Balaban J connectivity index is -0.000000173. The maximum absolute atomic E-state index is 9.75. The zero-order valence-electron chi connectivity index (χ0n) is 6.38. The second-order valence-electron chi connectivity index (χ2n) is 1.45. The normalized spacial score (nSPS) is 9.54. The summed E-state index contributed by atoms with van der Waals surface area (Å²) in [6.07, 6.45) is 5.98. The fraction of sp³-hybridized carbons (Fsp3) is 0.167. The van der Waals surface area contributed by atoms with Crippen molar-refractivity contribution in [2.75, 3.05) is 0 Å². The van der Waals surface area contributed by atoms with Gasteiger partial charge in [-0.25, -0.2) is 4.79 Å². The molecule has 3 N–H and O–H groups in total. The summed E-state index contributed by atoms with van der Waals surface area (Å²) >= 11 is -2.61. The molecule has 0 radical (unpaired) electrons. The van der Waals surface area contributed by atoms with E-state index in [4.69, 9.17) is 18.4 Å². The molecular weight excluding hydrogens is 224 g/mol. The Morgan fingerprint density at radius 2 is 1.69 bits per heavy atom. The number of hydrogen-bond acceptors (Lipinski definition) is 2. The van der Waals surface area contributed by atoms with Gasteiger partial charge in [0.1, 0.15) is 0 Å². The molecule has 13 heavy (non-hydrogen) atoms. The van der Waals surface area contributed by atoms with E-state index in [-0.39, 0.29) is 37.7 Å². The summed E-state index contributed by atoms with van der Waals surface area (Å²) in [5.41, 5.74) is 0. The van der Waals surface area contributed by atoms with Crippen LogP contribution in [0.2, 0.25) is 0 Å². The SMILES string of the molecule is C/C=C/C=C/C(=O)O.O=S(O)O.[CaH2]. The van der Waals surface area contributed by atoms with Gasteiger partial charge in [-0.3, -0.25) is 9.11 Å². The van der Waals surface area contributed by atoms with E-state index < -0.39 is 17.3 Å². The molecule has 0 atom stereocenters. The van der Waals surface area contributed by atoms with Gasteiger partial charge in [0.05, 0.1) is 0 Å². The Kier molecular flexibility index (Phi) is 21.6. The van der Waals surface area contributed by atoms with E-state index in [0.29, 0.717) is 0 Å². The van der Waals surface area contributed by atoms with Gasteiger partial charge >= 0.3 is 43.7 Å². The van der Waals surface area contributed by atoms with E-state index in [9.17, 15) is 4.79 Å². The summed E-state index contributed by atoms with van der Waals surface area (Å²) in [6.45, 7) is 1.83. The second-order valence-corrected chi connectivity index (χ2v) is 1.92. The first kappa shape index (κ1) is 18.9. The predicted octanol–water partition coefficient (Wildman–Crippen LogP) is -0.0318. The number of carboxylic acids is 1. The molecular formula is C6H12CaO5S. The molecule has 0 rings (SSSR count). The van der Waals surface area contributed by atoms with Crippen molar-refractivity contribution in [1.29, 1.82) is 0 Å². The summed E-state index contributed by atoms with van der Waals surface area (Å²) in [6, 6.07) is 0. The van der Waals surface area contributed by atoms with Crippen LogP contribution in [0.5, 0.6) is 0 Å². The molecule has 5 nitrogen and oxygen atoms in total. The molecule has 0 spiro atoms. The van der Waals surface area contributed by atoms with Crippen molar-refractivity contribution >= 4 is 55.1 Å². The van der Waals surface area contributed by atoms with Crippen LogP contribution >= 0.6 is 0 Å². The first-order valence-corrected chi connectivity index (χ1v) is 3.89. The number of hydrogen-bond donors (Lipinski definition) is 3. The third-order valence-corrected chi connectivity index (χ3v) is 0.542. The summed E-state index contributed by atoms with van der Waals surface area (Å²) in [4.78, 5) is 9.75.